The van der Waals surface area contributed by atoms with Crippen LogP contribution in [-0.2, 0) is 4.79 Å². The molecular weight excluding hydrogens is 398 g/mol. The predicted molar refractivity (Wildman–Crippen MR) is 115 cm³/mol. The Hall–Kier alpha value is -3.32. The second-order valence-corrected chi connectivity index (χ2v) is 7.80. The van der Waals surface area contributed by atoms with Crippen molar-refractivity contribution in [2.45, 2.75) is 32.2 Å². The molecular formula is C24H23NO6. The molecule has 160 valence electrons. The van der Waals surface area contributed by atoms with E-state index in [9.17, 15) is 9.59 Å². The maximum absolute atomic E-state index is 13.3. The van der Waals surface area contributed by atoms with Gasteiger partial charge in [-0.2, -0.15) is 0 Å². The summed E-state index contributed by atoms with van der Waals surface area (Å²) in [5, 5.41) is 3.54. The van der Waals surface area contributed by atoms with Crippen LogP contribution in [0.15, 0.2) is 45.6 Å². The number of fused-ring (bicyclic) bond motifs is 2. The van der Waals surface area contributed by atoms with E-state index < -0.39 is 0 Å². The smallest absolute Gasteiger partial charge is 0.328 e. The van der Waals surface area contributed by atoms with E-state index in [1.54, 1.807) is 25.1 Å². The van der Waals surface area contributed by atoms with Crippen LogP contribution >= 0.6 is 0 Å². The lowest BCUT2D eigenvalue weighted by Gasteiger charge is -2.12. The quantitative estimate of drug-likeness (QED) is 0.511. The zero-order chi connectivity index (χ0) is 21.4. The van der Waals surface area contributed by atoms with Crippen molar-refractivity contribution in [1.82, 2.24) is 5.32 Å². The predicted octanol–water partition coefficient (Wildman–Crippen LogP) is 3.59. The van der Waals surface area contributed by atoms with Crippen molar-refractivity contribution in [3.63, 3.8) is 0 Å². The van der Waals surface area contributed by atoms with Gasteiger partial charge in [-0.15, -0.1) is 0 Å². The first-order valence-corrected chi connectivity index (χ1v) is 10.5. The molecule has 0 radical (unpaired) electrons. The van der Waals surface area contributed by atoms with Gasteiger partial charge >= 0.3 is 5.97 Å². The molecule has 1 atom stereocenters. The van der Waals surface area contributed by atoms with Gasteiger partial charge in [0.2, 0.25) is 5.43 Å². The van der Waals surface area contributed by atoms with Crippen LogP contribution in [0.25, 0.3) is 22.1 Å². The number of ether oxygens (including phenoxy) is 3. The zero-order valence-corrected chi connectivity index (χ0v) is 17.2. The van der Waals surface area contributed by atoms with Crippen LogP contribution in [0.5, 0.6) is 17.2 Å². The third kappa shape index (κ3) is 3.77. The second kappa shape index (κ2) is 8.07. The molecule has 3 heterocycles. The Morgan fingerprint density at radius 1 is 1.06 bits per heavy atom. The molecule has 31 heavy (non-hydrogen) atoms. The van der Waals surface area contributed by atoms with Gasteiger partial charge < -0.3 is 23.9 Å². The summed E-state index contributed by atoms with van der Waals surface area (Å²) in [6.07, 6.45) is 2.53. The average molecular weight is 421 g/mol. The van der Waals surface area contributed by atoms with Crippen LogP contribution in [0, 0.1) is 6.92 Å². The molecule has 0 amide bonds. The number of benzene rings is 2. The van der Waals surface area contributed by atoms with Crippen molar-refractivity contribution in [2.24, 2.45) is 0 Å². The summed E-state index contributed by atoms with van der Waals surface area (Å²) in [5.74, 6) is 1.81. The molecule has 2 aliphatic heterocycles. The van der Waals surface area contributed by atoms with Gasteiger partial charge in [-0.3, -0.25) is 4.79 Å². The highest BCUT2D eigenvalue weighted by Gasteiger charge is 2.24. The summed E-state index contributed by atoms with van der Waals surface area (Å²) in [6, 6.07) is 10.0. The lowest BCUT2D eigenvalue weighted by atomic mass is 10.0. The van der Waals surface area contributed by atoms with E-state index in [0.717, 1.165) is 25.8 Å². The molecule has 0 bridgehead atoms. The highest BCUT2D eigenvalue weighted by atomic mass is 16.5. The molecule has 0 aliphatic carbocycles. The van der Waals surface area contributed by atoms with Gasteiger partial charge in [0.1, 0.15) is 23.1 Å². The summed E-state index contributed by atoms with van der Waals surface area (Å²) in [5.41, 5.74) is 1.41. The van der Waals surface area contributed by atoms with Crippen molar-refractivity contribution in [2.75, 3.05) is 19.8 Å². The minimum Gasteiger partial charge on any atom is -0.490 e. The standard InChI is InChI=1S/C24H23NO6/c1-14-22(15-5-8-19-21(12-15)29-11-3-10-28-19)23(26)17-7-6-16(13-20(17)30-14)31-24(27)18-4-2-9-25-18/h5-8,12-13,18,25H,2-4,9-11H2,1H3. The summed E-state index contributed by atoms with van der Waals surface area (Å²) < 4.78 is 22.9. The largest absolute Gasteiger partial charge is 0.490 e. The van der Waals surface area contributed by atoms with Gasteiger partial charge in [0, 0.05) is 12.5 Å². The van der Waals surface area contributed by atoms with E-state index in [2.05, 4.69) is 5.32 Å². The fraction of sp³-hybridized carbons (Fsp3) is 0.333. The lowest BCUT2D eigenvalue weighted by molar-refractivity contribution is -0.136. The molecule has 0 spiro atoms. The molecule has 7 nitrogen and oxygen atoms in total. The Kier molecular flexibility index (Phi) is 5.11. The molecule has 1 aromatic heterocycles. The Labute approximate surface area is 178 Å². The molecule has 1 fully saturated rings. The van der Waals surface area contributed by atoms with E-state index in [0.29, 0.717) is 58.3 Å². The van der Waals surface area contributed by atoms with E-state index in [1.807, 2.05) is 18.2 Å². The molecule has 0 saturated carbocycles. The number of carbonyl (C=O) groups excluding carboxylic acids is 1. The van der Waals surface area contributed by atoms with Crippen molar-refractivity contribution in [3.05, 3.63) is 52.4 Å². The van der Waals surface area contributed by atoms with E-state index in [1.165, 1.54) is 0 Å². The molecule has 2 aliphatic rings. The van der Waals surface area contributed by atoms with Crippen LogP contribution in [-0.4, -0.2) is 31.8 Å². The normalized spacial score (nSPS) is 18.0. The number of aryl methyl sites for hydroxylation is 1. The molecule has 5 rings (SSSR count). The number of nitrogens with one attached hydrogen (secondary N) is 1. The van der Waals surface area contributed by atoms with Crippen LogP contribution in [0.4, 0.5) is 0 Å². The Bertz CT molecular complexity index is 1210. The number of rotatable bonds is 3. The monoisotopic (exact) mass is 421 g/mol. The maximum Gasteiger partial charge on any atom is 0.328 e. The maximum atomic E-state index is 13.3. The van der Waals surface area contributed by atoms with Gasteiger partial charge in [-0.25, -0.2) is 4.79 Å². The summed E-state index contributed by atoms with van der Waals surface area (Å²) in [7, 11) is 0. The van der Waals surface area contributed by atoms with E-state index in [4.69, 9.17) is 18.6 Å². The van der Waals surface area contributed by atoms with Gasteiger partial charge in [0.25, 0.3) is 0 Å². The van der Waals surface area contributed by atoms with E-state index in [-0.39, 0.29) is 17.4 Å². The van der Waals surface area contributed by atoms with Gasteiger partial charge in [0.05, 0.1) is 24.2 Å². The Morgan fingerprint density at radius 3 is 2.71 bits per heavy atom. The van der Waals surface area contributed by atoms with Crippen LogP contribution in [0.1, 0.15) is 25.0 Å². The highest BCUT2D eigenvalue weighted by molar-refractivity contribution is 5.85. The Morgan fingerprint density at radius 2 is 1.90 bits per heavy atom. The average Bonchev–Trinajstić information content (AvgIpc) is 3.20. The van der Waals surface area contributed by atoms with Crippen molar-refractivity contribution in [1.29, 1.82) is 0 Å². The van der Waals surface area contributed by atoms with Crippen LogP contribution in [0.2, 0.25) is 0 Å². The minimum absolute atomic E-state index is 0.149. The van der Waals surface area contributed by atoms with Crippen molar-refractivity contribution >= 4 is 16.9 Å². The van der Waals surface area contributed by atoms with Crippen molar-refractivity contribution < 1.29 is 23.4 Å². The number of hydrogen-bond acceptors (Lipinski definition) is 7. The lowest BCUT2D eigenvalue weighted by Crippen LogP contribution is -2.34. The molecule has 1 N–H and O–H groups in total. The molecule has 3 aromatic rings. The Balaban J connectivity index is 1.50. The first-order valence-electron chi connectivity index (χ1n) is 10.5. The number of esters is 1. The fourth-order valence-electron chi connectivity index (χ4n) is 4.07. The topological polar surface area (TPSA) is 87.0 Å². The summed E-state index contributed by atoms with van der Waals surface area (Å²) >= 11 is 0. The molecule has 1 saturated heterocycles. The summed E-state index contributed by atoms with van der Waals surface area (Å²) in [6.45, 7) is 3.74. The second-order valence-electron chi connectivity index (χ2n) is 7.80. The molecule has 1 unspecified atom stereocenters. The molecule has 2 aromatic carbocycles. The van der Waals surface area contributed by atoms with E-state index >= 15 is 0 Å². The zero-order valence-electron chi connectivity index (χ0n) is 17.2. The third-order valence-electron chi connectivity index (χ3n) is 5.64. The van der Waals surface area contributed by atoms with Crippen LogP contribution < -0.4 is 25.0 Å². The molecule has 7 heteroatoms. The van der Waals surface area contributed by atoms with Crippen molar-refractivity contribution in [3.8, 4) is 28.4 Å². The number of carbonyl (C=O) groups is 1. The summed E-state index contributed by atoms with van der Waals surface area (Å²) in [4.78, 5) is 25.5. The first kappa shape index (κ1) is 19.6. The minimum atomic E-state index is -0.320. The van der Waals surface area contributed by atoms with Gasteiger partial charge in [-0.1, -0.05) is 6.07 Å². The SMILES string of the molecule is Cc1oc2cc(OC(=O)C3CCCN3)ccc2c(=O)c1-c1ccc2c(c1)OCCCO2. The van der Waals surface area contributed by atoms with Crippen LogP contribution in [0.3, 0.4) is 0 Å². The first-order chi connectivity index (χ1) is 15.1. The van der Waals surface area contributed by atoms with Gasteiger partial charge in [-0.05, 0) is 56.1 Å². The fourth-order valence-corrected chi connectivity index (χ4v) is 4.07. The van der Waals surface area contributed by atoms with Gasteiger partial charge in [0.15, 0.2) is 11.5 Å². The number of hydrogen-bond donors (Lipinski definition) is 1. The third-order valence-corrected chi connectivity index (χ3v) is 5.64. The highest BCUT2D eigenvalue weighted by Crippen LogP contribution is 2.35.